The molecule has 1 saturated carbocycles. The van der Waals surface area contributed by atoms with E-state index in [1.54, 1.807) is 0 Å². The first-order valence-corrected chi connectivity index (χ1v) is 8.36. The van der Waals surface area contributed by atoms with Crippen LogP contribution in [0.4, 0.5) is 13.2 Å². The van der Waals surface area contributed by atoms with E-state index in [-0.39, 0.29) is 17.9 Å². The molecule has 0 aromatic carbocycles. The van der Waals surface area contributed by atoms with Crippen molar-refractivity contribution in [3.05, 3.63) is 17.5 Å². The molecular weight excluding hydrogens is 307 g/mol. The standard InChI is InChI=1S/C16H22F3N3O/c17-16(18,19)10-22-9-12-7-4-8-13(14(12)21-22)20-15(23)11-5-2-1-3-6-11/h9,11,13H,1-8,10H2,(H,20,23). The second kappa shape index (κ2) is 6.53. The molecule has 1 heterocycles. The third kappa shape index (κ3) is 4.06. The lowest BCUT2D eigenvalue weighted by molar-refractivity contribution is -0.142. The summed E-state index contributed by atoms with van der Waals surface area (Å²) in [6.07, 6.45) is 4.68. The van der Waals surface area contributed by atoms with E-state index in [4.69, 9.17) is 0 Å². The summed E-state index contributed by atoms with van der Waals surface area (Å²) < 4.78 is 38.5. The van der Waals surface area contributed by atoms with Gasteiger partial charge in [0.25, 0.3) is 0 Å². The first-order chi connectivity index (χ1) is 10.9. The topological polar surface area (TPSA) is 46.9 Å². The van der Waals surface area contributed by atoms with Crippen LogP contribution in [0.15, 0.2) is 6.20 Å². The van der Waals surface area contributed by atoms with Gasteiger partial charge in [-0.25, -0.2) is 0 Å². The van der Waals surface area contributed by atoms with Gasteiger partial charge in [0.1, 0.15) is 6.54 Å². The number of amides is 1. The molecule has 2 aliphatic carbocycles. The van der Waals surface area contributed by atoms with E-state index < -0.39 is 12.7 Å². The van der Waals surface area contributed by atoms with Gasteiger partial charge in [-0.05, 0) is 37.7 Å². The van der Waals surface area contributed by atoms with Crippen molar-refractivity contribution in [2.45, 2.75) is 70.1 Å². The normalized spacial score (nSPS) is 22.7. The summed E-state index contributed by atoms with van der Waals surface area (Å²) in [7, 11) is 0. The van der Waals surface area contributed by atoms with Crippen LogP contribution in [0.5, 0.6) is 0 Å². The Morgan fingerprint density at radius 1 is 1.22 bits per heavy atom. The quantitative estimate of drug-likeness (QED) is 0.922. The number of hydrogen-bond donors (Lipinski definition) is 1. The summed E-state index contributed by atoms with van der Waals surface area (Å²) in [4.78, 5) is 12.4. The van der Waals surface area contributed by atoms with Crippen LogP contribution < -0.4 is 5.32 Å². The van der Waals surface area contributed by atoms with Crippen LogP contribution in [0, 0.1) is 5.92 Å². The summed E-state index contributed by atoms with van der Waals surface area (Å²) in [6.45, 7) is -1.08. The highest BCUT2D eigenvalue weighted by molar-refractivity contribution is 5.79. The van der Waals surface area contributed by atoms with Crippen molar-refractivity contribution >= 4 is 5.91 Å². The Morgan fingerprint density at radius 3 is 2.65 bits per heavy atom. The zero-order valence-corrected chi connectivity index (χ0v) is 13.0. The summed E-state index contributed by atoms with van der Waals surface area (Å²) in [5.74, 6) is 0.0827. The van der Waals surface area contributed by atoms with E-state index in [0.29, 0.717) is 5.69 Å². The van der Waals surface area contributed by atoms with Crippen molar-refractivity contribution < 1.29 is 18.0 Å². The predicted octanol–water partition coefficient (Wildman–Crippen LogP) is 3.52. The van der Waals surface area contributed by atoms with E-state index in [1.807, 2.05) is 0 Å². The number of hydrogen-bond acceptors (Lipinski definition) is 2. The summed E-state index contributed by atoms with van der Waals surface area (Å²) >= 11 is 0. The maximum Gasteiger partial charge on any atom is 0.408 e. The lowest BCUT2D eigenvalue weighted by Gasteiger charge is -2.26. The maximum atomic E-state index is 12.5. The third-order valence-electron chi connectivity index (χ3n) is 4.77. The number of nitrogens with one attached hydrogen (secondary N) is 1. The largest absolute Gasteiger partial charge is 0.408 e. The number of alkyl halides is 3. The SMILES string of the molecule is O=C(NC1CCCc2cn(CC(F)(F)F)nc21)C1CCCCC1. The van der Waals surface area contributed by atoms with Gasteiger partial charge in [0.05, 0.1) is 11.7 Å². The van der Waals surface area contributed by atoms with Crippen molar-refractivity contribution in [3.8, 4) is 0 Å². The van der Waals surface area contributed by atoms with Crippen LogP contribution in [-0.2, 0) is 17.8 Å². The molecule has 7 heteroatoms. The minimum atomic E-state index is -4.28. The summed E-state index contributed by atoms with van der Waals surface area (Å²) in [5.41, 5.74) is 1.44. The Bertz CT molecular complexity index is 561. The van der Waals surface area contributed by atoms with E-state index in [1.165, 1.54) is 12.6 Å². The summed E-state index contributed by atoms with van der Waals surface area (Å²) in [6, 6.07) is -0.248. The number of halogens is 3. The van der Waals surface area contributed by atoms with Gasteiger partial charge in [-0.3, -0.25) is 9.48 Å². The molecule has 0 aliphatic heterocycles. The third-order valence-corrected chi connectivity index (χ3v) is 4.77. The van der Waals surface area contributed by atoms with E-state index in [2.05, 4.69) is 10.4 Å². The molecule has 0 radical (unpaired) electrons. The van der Waals surface area contributed by atoms with Crippen molar-refractivity contribution in [3.63, 3.8) is 0 Å². The van der Waals surface area contributed by atoms with Crippen molar-refractivity contribution in [1.29, 1.82) is 0 Å². The fourth-order valence-corrected chi connectivity index (χ4v) is 3.66. The lowest BCUT2D eigenvalue weighted by Crippen LogP contribution is -2.36. The second-order valence-electron chi connectivity index (χ2n) is 6.64. The molecule has 4 nitrogen and oxygen atoms in total. The number of aromatic nitrogens is 2. The molecule has 1 aromatic heterocycles. The molecule has 1 N–H and O–H groups in total. The van der Waals surface area contributed by atoms with Crippen molar-refractivity contribution in [2.24, 2.45) is 5.92 Å². The van der Waals surface area contributed by atoms with Crippen LogP contribution in [0.3, 0.4) is 0 Å². The Balaban J connectivity index is 1.69. The summed E-state index contributed by atoms with van der Waals surface area (Å²) in [5, 5.41) is 7.12. The maximum absolute atomic E-state index is 12.5. The Kier molecular flexibility index (Phi) is 4.64. The van der Waals surface area contributed by atoms with Crippen molar-refractivity contribution in [2.75, 3.05) is 0 Å². The molecule has 1 fully saturated rings. The number of aryl methyl sites for hydroxylation is 1. The number of carbonyl (C=O) groups excluding carboxylic acids is 1. The van der Waals surface area contributed by atoms with Gasteiger partial charge < -0.3 is 5.32 Å². The van der Waals surface area contributed by atoms with Crippen LogP contribution in [-0.4, -0.2) is 21.9 Å². The molecular formula is C16H22F3N3O. The first-order valence-electron chi connectivity index (χ1n) is 8.36. The average Bonchev–Trinajstić information content (AvgIpc) is 2.89. The molecule has 3 rings (SSSR count). The molecule has 1 atom stereocenters. The first kappa shape index (κ1) is 16.3. The highest BCUT2D eigenvalue weighted by atomic mass is 19.4. The highest BCUT2D eigenvalue weighted by Crippen LogP contribution is 2.31. The van der Waals surface area contributed by atoms with Gasteiger partial charge in [0.15, 0.2) is 0 Å². The molecule has 128 valence electrons. The van der Waals surface area contributed by atoms with Crippen LogP contribution in [0.25, 0.3) is 0 Å². The van der Waals surface area contributed by atoms with Crippen LogP contribution in [0.1, 0.15) is 62.2 Å². The molecule has 2 aliphatic rings. The lowest BCUT2D eigenvalue weighted by atomic mass is 9.87. The number of fused-ring (bicyclic) bond motifs is 1. The number of rotatable bonds is 3. The van der Waals surface area contributed by atoms with Gasteiger partial charge in [-0.2, -0.15) is 18.3 Å². The Hall–Kier alpha value is -1.53. The molecule has 0 saturated heterocycles. The zero-order valence-electron chi connectivity index (χ0n) is 13.0. The molecule has 0 spiro atoms. The zero-order chi connectivity index (χ0) is 16.4. The predicted molar refractivity (Wildman–Crippen MR) is 78.7 cm³/mol. The fraction of sp³-hybridized carbons (Fsp3) is 0.750. The average molecular weight is 329 g/mol. The molecule has 1 unspecified atom stereocenters. The smallest absolute Gasteiger partial charge is 0.347 e. The second-order valence-corrected chi connectivity index (χ2v) is 6.64. The van der Waals surface area contributed by atoms with Crippen molar-refractivity contribution in [1.82, 2.24) is 15.1 Å². The minimum absolute atomic E-state index is 0.0351. The Morgan fingerprint density at radius 2 is 1.96 bits per heavy atom. The molecule has 1 amide bonds. The number of nitrogens with zero attached hydrogens (tertiary/aromatic N) is 2. The Labute approximate surface area is 133 Å². The highest BCUT2D eigenvalue weighted by Gasteiger charge is 2.32. The van der Waals surface area contributed by atoms with E-state index >= 15 is 0 Å². The molecule has 0 bridgehead atoms. The van der Waals surface area contributed by atoms with Crippen LogP contribution in [0.2, 0.25) is 0 Å². The fourth-order valence-electron chi connectivity index (χ4n) is 3.66. The van der Waals surface area contributed by atoms with E-state index in [9.17, 15) is 18.0 Å². The van der Waals surface area contributed by atoms with Gasteiger partial charge in [-0.1, -0.05) is 19.3 Å². The number of carbonyl (C=O) groups is 1. The van der Waals surface area contributed by atoms with Gasteiger partial charge in [0, 0.05) is 12.1 Å². The van der Waals surface area contributed by atoms with Gasteiger partial charge in [0.2, 0.25) is 5.91 Å². The minimum Gasteiger partial charge on any atom is -0.347 e. The van der Waals surface area contributed by atoms with Gasteiger partial charge >= 0.3 is 6.18 Å². The van der Waals surface area contributed by atoms with Gasteiger partial charge in [-0.15, -0.1) is 0 Å². The monoisotopic (exact) mass is 329 g/mol. The molecule has 1 aromatic rings. The van der Waals surface area contributed by atoms with Crippen LogP contribution >= 0.6 is 0 Å². The van der Waals surface area contributed by atoms with E-state index in [0.717, 1.165) is 55.2 Å². The molecule has 23 heavy (non-hydrogen) atoms.